The molecule has 0 aromatic rings. The van der Waals surface area contributed by atoms with Gasteiger partial charge in [0.25, 0.3) is 0 Å². The molecule has 1 saturated heterocycles. The molecule has 1 heterocycles. The Labute approximate surface area is 94.4 Å². The van der Waals surface area contributed by atoms with E-state index in [9.17, 15) is 22.8 Å². The molecule has 0 bridgehead atoms. The van der Waals surface area contributed by atoms with Gasteiger partial charge in [0.05, 0.1) is 13.2 Å². The smallest absolute Gasteiger partial charge is 0.422 e. The van der Waals surface area contributed by atoms with Gasteiger partial charge in [-0.3, -0.25) is 9.69 Å². The van der Waals surface area contributed by atoms with E-state index in [1.165, 1.54) is 0 Å². The van der Waals surface area contributed by atoms with Gasteiger partial charge in [-0.15, -0.1) is 0 Å². The van der Waals surface area contributed by atoms with Crippen LogP contribution >= 0.6 is 0 Å². The molecule has 2 amide bonds. The van der Waals surface area contributed by atoms with Crippen molar-refractivity contribution in [3.8, 4) is 0 Å². The summed E-state index contributed by atoms with van der Waals surface area (Å²) in [5.41, 5.74) is 4.99. The van der Waals surface area contributed by atoms with Crippen LogP contribution in [0.4, 0.5) is 18.0 Å². The van der Waals surface area contributed by atoms with Crippen molar-refractivity contribution in [2.45, 2.75) is 12.2 Å². The fourth-order valence-corrected chi connectivity index (χ4v) is 1.28. The predicted molar refractivity (Wildman–Crippen MR) is 47.9 cm³/mol. The lowest BCUT2D eigenvalue weighted by molar-refractivity contribution is -0.164. The van der Waals surface area contributed by atoms with Crippen molar-refractivity contribution in [1.82, 2.24) is 4.90 Å². The first-order valence-corrected chi connectivity index (χ1v) is 4.68. The van der Waals surface area contributed by atoms with Crippen LogP contribution < -0.4 is 5.73 Å². The number of rotatable bonds is 2. The Kier molecular flexibility index (Phi) is 4.16. The molecule has 0 spiro atoms. The van der Waals surface area contributed by atoms with Crippen molar-refractivity contribution < 1.29 is 32.2 Å². The molecule has 98 valence electrons. The third kappa shape index (κ3) is 4.10. The van der Waals surface area contributed by atoms with Gasteiger partial charge in [0, 0.05) is 6.54 Å². The van der Waals surface area contributed by atoms with Gasteiger partial charge in [0.1, 0.15) is 6.04 Å². The lowest BCUT2D eigenvalue weighted by atomic mass is 10.2. The highest BCUT2D eigenvalue weighted by molar-refractivity contribution is 5.84. The Morgan fingerprint density at radius 1 is 1.47 bits per heavy atom. The summed E-state index contributed by atoms with van der Waals surface area (Å²) in [6, 6.07) is -1.09. The van der Waals surface area contributed by atoms with Gasteiger partial charge in [-0.05, 0) is 0 Å². The molecule has 0 aliphatic carbocycles. The van der Waals surface area contributed by atoms with Crippen molar-refractivity contribution >= 4 is 12.0 Å². The summed E-state index contributed by atoms with van der Waals surface area (Å²) >= 11 is 0. The minimum absolute atomic E-state index is 0.0374. The summed E-state index contributed by atoms with van der Waals surface area (Å²) in [6.07, 6.45) is -5.83. The fraction of sp³-hybridized carbons (Fsp3) is 0.750. The molecular formula is C8H11F3N2O4. The molecule has 9 heteroatoms. The number of ether oxygens (including phenoxy) is 2. The number of carbonyl (C=O) groups excluding carboxylic acids is 2. The van der Waals surface area contributed by atoms with Crippen LogP contribution in [0.2, 0.25) is 0 Å². The van der Waals surface area contributed by atoms with E-state index in [-0.39, 0.29) is 19.8 Å². The van der Waals surface area contributed by atoms with Gasteiger partial charge in [-0.25, -0.2) is 4.79 Å². The summed E-state index contributed by atoms with van der Waals surface area (Å²) in [7, 11) is 0. The number of nitrogens with two attached hydrogens (primary N) is 1. The summed E-state index contributed by atoms with van der Waals surface area (Å²) in [5.74, 6) is -0.853. The second kappa shape index (κ2) is 5.21. The lowest BCUT2D eigenvalue weighted by Crippen LogP contribution is -2.55. The fourth-order valence-electron chi connectivity index (χ4n) is 1.28. The van der Waals surface area contributed by atoms with E-state index < -0.39 is 30.8 Å². The average Bonchev–Trinajstić information content (AvgIpc) is 2.25. The molecule has 1 fully saturated rings. The van der Waals surface area contributed by atoms with Crippen LogP contribution in [-0.4, -0.2) is 55.5 Å². The zero-order chi connectivity index (χ0) is 13.1. The second-order valence-corrected chi connectivity index (χ2v) is 3.36. The van der Waals surface area contributed by atoms with Gasteiger partial charge >= 0.3 is 12.3 Å². The maximum atomic E-state index is 11.8. The number of amides is 2. The Morgan fingerprint density at radius 3 is 2.65 bits per heavy atom. The van der Waals surface area contributed by atoms with Crippen LogP contribution in [0.5, 0.6) is 0 Å². The molecule has 1 aliphatic heterocycles. The van der Waals surface area contributed by atoms with E-state index in [1.54, 1.807) is 0 Å². The maximum absolute atomic E-state index is 11.8. The zero-order valence-electron chi connectivity index (χ0n) is 8.70. The third-order valence-electron chi connectivity index (χ3n) is 2.05. The molecule has 1 aliphatic rings. The average molecular weight is 256 g/mol. The Morgan fingerprint density at radius 2 is 2.12 bits per heavy atom. The first-order chi connectivity index (χ1) is 7.81. The summed E-state index contributed by atoms with van der Waals surface area (Å²) in [5, 5.41) is 0. The molecule has 0 radical (unpaired) electrons. The Bertz CT molecular complexity index is 308. The maximum Gasteiger partial charge on any atom is 0.422 e. The number of carbonyl (C=O) groups is 2. The van der Waals surface area contributed by atoms with E-state index in [0.717, 1.165) is 4.90 Å². The molecule has 0 saturated carbocycles. The van der Waals surface area contributed by atoms with Crippen LogP contribution in [0.15, 0.2) is 0 Å². The molecule has 0 aromatic carbocycles. The van der Waals surface area contributed by atoms with Crippen molar-refractivity contribution in [1.29, 1.82) is 0 Å². The first kappa shape index (κ1) is 13.6. The predicted octanol–water partition coefficient (Wildman–Crippen LogP) is -0.129. The quantitative estimate of drug-likeness (QED) is 0.746. The molecule has 1 unspecified atom stereocenters. The van der Waals surface area contributed by atoms with Crippen LogP contribution in [0.25, 0.3) is 0 Å². The van der Waals surface area contributed by atoms with E-state index in [4.69, 9.17) is 10.5 Å². The number of hydrogen-bond donors (Lipinski definition) is 1. The van der Waals surface area contributed by atoms with Crippen LogP contribution in [-0.2, 0) is 14.3 Å². The van der Waals surface area contributed by atoms with Gasteiger partial charge in [-0.2, -0.15) is 13.2 Å². The van der Waals surface area contributed by atoms with Crippen molar-refractivity contribution in [2.24, 2.45) is 5.73 Å². The second-order valence-electron chi connectivity index (χ2n) is 3.36. The number of halogens is 3. The SMILES string of the molecule is NC(=O)C1COCCN1C(=O)OCC(F)(F)F. The van der Waals surface area contributed by atoms with Crippen molar-refractivity contribution in [3.05, 3.63) is 0 Å². The molecular weight excluding hydrogens is 245 g/mol. The van der Waals surface area contributed by atoms with Crippen LogP contribution in [0, 0.1) is 0 Å². The standard InChI is InChI=1S/C8H11F3N2O4/c9-8(10,11)4-17-7(15)13-1-2-16-3-5(13)6(12)14/h5H,1-4H2,(H2,12,14). The summed E-state index contributed by atoms with van der Waals surface area (Å²) < 4.78 is 44.4. The topological polar surface area (TPSA) is 81.9 Å². The number of nitrogens with zero attached hydrogens (tertiary/aromatic N) is 1. The number of primary amides is 1. The van der Waals surface area contributed by atoms with E-state index in [0.29, 0.717) is 0 Å². The van der Waals surface area contributed by atoms with E-state index in [1.807, 2.05) is 0 Å². The van der Waals surface area contributed by atoms with Crippen molar-refractivity contribution in [2.75, 3.05) is 26.4 Å². The monoisotopic (exact) mass is 256 g/mol. The highest BCUT2D eigenvalue weighted by atomic mass is 19.4. The van der Waals surface area contributed by atoms with Crippen molar-refractivity contribution in [3.63, 3.8) is 0 Å². The largest absolute Gasteiger partial charge is 0.440 e. The van der Waals surface area contributed by atoms with E-state index >= 15 is 0 Å². The van der Waals surface area contributed by atoms with Crippen LogP contribution in [0.3, 0.4) is 0 Å². The van der Waals surface area contributed by atoms with E-state index in [2.05, 4.69) is 4.74 Å². The highest BCUT2D eigenvalue weighted by Crippen LogP contribution is 2.16. The summed E-state index contributed by atoms with van der Waals surface area (Å²) in [6.45, 7) is -1.76. The van der Waals surface area contributed by atoms with Crippen LogP contribution in [0.1, 0.15) is 0 Å². The normalized spacial score (nSPS) is 21.1. The lowest BCUT2D eigenvalue weighted by Gasteiger charge is -2.32. The Balaban J connectivity index is 2.56. The minimum Gasteiger partial charge on any atom is -0.440 e. The molecule has 2 N–H and O–H groups in total. The third-order valence-corrected chi connectivity index (χ3v) is 2.05. The number of hydrogen-bond acceptors (Lipinski definition) is 4. The first-order valence-electron chi connectivity index (χ1n) is 4.68. The molecule has 0 aromatic heterocycles. The molecule has 1 atom stereocenters. The summed E-state index contributed by atoms with van der Waals surface area (Å²) in [4.78, 5) is 23.1. The molecule has 17 heavy (non-hydrogen) atoms. The zero-order valence-corrected chi connectivity index (χ0v) is 8.70. The number of alkyl halides is 3. The number of morpholine rings is 1. The highest BCUT2D eigenvalue weighted by Gasteiger charge is 2.35. The van der Waals surface area contributed by atoms with Gasteiger partial charge < -0.3 is 15.2 Å². The minimum atomic E-state index is -4.61. The van der Waals surface area contributed by atoms with Gasteiger partial charge in [0.2, 0.25) is 5.91 Å². The Hall–Kier alpha value is -1.51. The molecule has 1 rings (SSSR count). The molecule has 6 nitrogen and oxygen atoms in total. The van der Waals surface area contributed by atoms with Gasteiger partial charge in [-0.1, -0.05) is 0 Å². The van der Waals surface area contributed by atoms with Gasteiger partial charge in [0.15, 0.2) is 6.61 Å².